The van der Waals surface area contributed by atoms with Crippen LogP contribution in [0.1, 0.15) is 6.92 Å². The van der Waals surface area contributed by atoms with E-state index >= 15 is 0 Å². The van der Waals surface area contributed by atoms with Crippen molar-refractivity contribution in [1.82, 2.24) is 9.21 Å². The topological polar surface area (TPSA) is 40.6 Å². The molecular weight excluding hydrogens is 164 g/mol. The van der Waals surface area contributed by atoms with Gasteiger partial charge >= 0.3 is 0 Å². The number of likely N-dealkylation sites (N-methyl/N-ethyl adjacent to an activating group) is 2. The first-order chi connectivity index (χ1) is 4.93. The second kappa shape index (κ2) is 2.73. The smallest absolute Gasteiger partial charge is 0.227 e. The van der Waals surface area contributed by atoms with Gasteiger partial charge in [0.25, 0.3) is 0 Å². The molecule has 1 atom stereocenters. The van der Waals surface area contributed by atoms with Gasteiger partial charge in [-0.1, -0.05) is 0 Å². The highest BCUT2D eigenvalue weighted by Crippen LogP contribution is 2.11. The van der Waals surface area contributed by atoms with Crippen LogP contribution < -0.4 is 0 Å². The van der Waals surface area contributed by atoms with Crippen molar-refractivity contribution in [3.8, 4) is 0 Å². The predicted octanol–water partition coefficient (Wildman–Crippen LogP) is -0.461. The summed E-state index contributed by atoms with van der Waals surface area (Å²) in [6, 6.07) is 0.323. The summed E-state index contributed by atoms with van der Waals surface area (Å²) in [5.41, 5.74) is 0. The lowest BCUT2D eigenvalue weighted by atomic mass is 10.3. The molecule has 0 N–H and O–H groups in total. The first-order valence-electron chi connectivity index (χ1n) is 3.58. The molecule has 4 nitrogen and oxygen atoms in total. The normalized spacial score (nSPS) is 33.9. The Morgan fingerprint density at radius 3 is 2.36 bits per heavy atom. The van der Waals surface area contributed by atoms with Gasteiger partial charge in [-0.15, -0.1) is 0 Å². The molecule has 1 fully saturated rings. The van der Waals surface area contributed by atoms with Gasteiger partial charge in [-0.2, -0.15) is 0 Å². The molecular formula is C6H14N2O2S. The molecule has 0 aliphatic carbocycles. The summed E-state index contributed by atoms with van der Waals surface area (Å²) in [6.45, 7) is 2.62. The minimum absolute atomic E-state index is 0.144. The van der Waals surface area contributed by atoms with Crippen LogP contribution in [0, 0.1) is 0 Å². The van der Waals surface area contributed by atoms with E-state index in [1.807, 2.05) is 18.9 Å². The minimum Gasteiger partial charge on any atom is -0.288 e. The van der Waals surface area contributed by atoms with E-state index < -0.39 is 10.0 Å². The molecule has 1 rings (SSSR count). The number of rotatable bonds is 0. The molecule has 0 saturated carbocycles. The Hall–Kier alpha value is -0.130. The third-order valence-electron chi connectivity index (χ3n) is 2.12. The van der Waals surface area contributed by atoms with Gasteiger partial charge in [0.05, 0.1) is 0 Å². The Bertz CT molecular complexity index is 237. The van der Waals surface area contributed by atoms with Gasteiger partial charge in [0.2, 0.25) is 10.0 Å². The van der Waals surface area contributed by atoms with Gasteiger partial charge in [-0.05, 0) is 14.0 Å². The SMILES string of the molecule is CC1CN(C)S(=O)(=O)CN1C. The van der Waals surface area contributed by atoms with Crippen LogP contribution in [0.25, 0.3) is 0 Å². The number of hydrogen-bond acceptors (Lipinski definition) is 3. The average molecular weight is 178 g/mol. The van der Waals surface area contributed by atoms with Crippen LogP contribution in [0.5, 0.6) is 0 Å². The van der Waals surface area contributed by atoms with Gasteiger partial charge in [0.15, 0.2) is 0 Å². The second-order valence-electron chi connectivity index (χ2n) is 3.13. The summed E-state index contributed by atoms with van der Waals surface area (Å²) < 4.78 is 23.9. The lowest BCUT2D eigenvalue weighted by molar-refractivity contribution is 0.227. The molecule has 1 unspecified atom stereocenters. The second-order valence-corrected chi connectivity index (χ2v) is 5.17. The third kappa shape index (κ3) is 1.72. The van der Waals surface area contributed by atoms with Crippen molar-refractivity contribution in [2.24, 2.45) is 0 Å². The minimum atomic E-state index is -2.98. The highest BCUT2D eigenvalue weighted by Gasteiger charge is 2.29. The van der Waals surface area contributed by atoms with Crippen molar-refractivity contribution >= 4 is 10.0 Å². The van der Waals surface area contributed by atoms with Crippen LogP contribution in [0.3, 0.4) is 0 Å². The van der Waals surface area contributed by atoms with Crippen LogP contribution in [0.15, 0.2) is 0 Å². The summed E-state index contributed by atoms with van der Waals surface area (Å²) in [6.07, 6.45) is 0. The van der Waals surface area contributed by atoms with E-state index in [1.165, 1.54) is 4.31 Å². The zero-order valence-electron chi connectivity index (χ0n) is 7.11. The zero-order valence-corrected chi connectivity index (χ0v) is 7.93. The molecule has 0 aromatic carbocycles. The van der Waals surface area contributed by atoms with Crippen molar-refractivity contribution < 1.29 is 8.42 Å². The molecule has 1 saturated heterocycles. The van der Waals surface area contributed by atoms with Crippen molar-refractivity contribution in [1.29, 1.82) is 0 Å². The molecule has 1 aliphatic heterocycles. The van der Waals surface area contributed by atoms with E-state index in [0.29, 0.717) is 12.6 Å². The van der Waals surface area contributed by atoms with Crippen LogP contribution >= 0.6 is 0 Å². The Balaban J connectivity index is 2.79. The van der Waals surface area contributed by atoms with Gasteiger partial charge in [0, 0.05) is 19.6 Å². The van der Waals surface area contributed by atoms with E-state index in [2.05, 4.69) is 0 Å². The maximum atomic E-state index is 11.2. The first kappa shape index (κ1) is 8.96. The third-order valence-corrected chi connectivity index (χ3v) is 3.95. The Morgan fingerprint density at radius 2 is 1.91 bits per heavy atom. The van der Waals surface area contributed by atoms with Crippen LogP contribution in [-0.4, -0.2) is 50.2 Å². The van der Waals surface area contributed by atoms with Gasteiger partial charge in [-0.25, -0.2) is 12.7 Å². The highest BCUT2D eigenvalue weighted by atomic mass is 32.2. The standard InChI is InChI=1S/C6H14N2O2S/c1-6-4-8(3)11(9,10)5-7(6)2/h6H,4-5H2,1-3H3. The van der Waals surface area contributed by atoms with Gasteiger partial charge < -0.3 is 0 Å². The fourth-order valence-electron chi connectivity index (χ4n) is 1.11. The van der Waals surface area contributed by atoms with Crippen molar-refractivity contribution in [3.05, 3.63) is 0 Å². The molecule has 0 aromatic heterocycles. The van der Waals surface area contributed by atoms with E-state index in [9.17, 15) is 8.42 Å². The zero-order chi connectivity index (χ0) is 8.65. The lowest BCUT2D eigenvalue weighted by Gasteiger charge is -2.34. The molecule has 0 aromatic rings. The number of nitrogens with zero attached hydrogens (tertiary/aromatic N) is 2. The van der Waals surface area contributed by atoms with E-state index in [1.54, 1.807) is 7.05 Å². The lowest BCUT2D eigenvalue weighted by Crippen LogP contribution is -2.51. The largest absolute Gasteiger partial charge is 0.288 e. The van der Waals surface area contributed by atoms with Crippen molar-refractivity contribution in [3.63, 3.8) is 0 Å². The molecule has 0 radical (unpaired) electrons. The molecule has 1 heterocycles. The molecule has 0 spiro atoms. The Kier molecular flexibility index (Phi) is 2.22. The fraction of sp³-hybridized carbons (Fsp3) is 1.00. The van der Waals surface area contributed by atoms with E-state index in [-0.39, 0.29) is 5.88 Å². The summed E-state index contributed by atoms with van der Waals surface area (Å²) in [7, 11) is 0.468. The highest BCUT2D eigenvalue weighted by molar-refractivity contribution is 7.89. The molecule has 0 bridgehead atoms. The monoisotopic (exact) mass is 178 g/mol. The van der Waals surface area contributed by atoms with Crippen LogP contribution in [0.2, 0.25) is 0 Å². The summed E-state index contributed by atoms with van der Waals surface area (Å²) >= 11 is 0. The fourth-order valence-corrected chi connectivity index (χ4v) is 2.52. The van der Waals surface area contributed by atoms with Gasteiger partial charge in [-0.3, -0.25) is 4.90 Å². The molecule has 1 aliphatic rings. The number of sulfonamides is 1. The van der Waals surface area contributed by atoms with Crippen LogP contribution in [0.4, 0.5) is 0 Å². The molecule has 0 amide bonds. The van der Waals surface area contributed by atoms with Gasteiger partial charge in [0.1, 0.15) is 5.88 Å². The quantitative estimate of drug-likeness (QED) is 0.504. The van der Waals surface area contributed by atoms with Crippen LogP contribution in [-0.2, 0) is 10.0 Å². The molecule has 66 valence electrons. The Morgan fingerprint density at radius 1 is 1.36 bits per heavy atom. The molecule has 5 heteroatoms. The van der Waals surface area contributed by atoms with E-state index in [0.717, 1.165) is 0 Å². The summed E-state index contributed by atoms with van der Waals surface area (Å²) in [5, 5.41) is 0. The van der Waals surface area contributed by atoms with Crippen molar-refractivity contribution in [2.75, 3.05) is 26.5 Å². The number of hydrogen-bond donors (Lipinski definition) is 0. The van der Waals surface area contributed by atoms with Crippen molar-refractivity contribution in [2.45, 2.75) is 13.0 Å². The predicted molar refractivity (Wildman–Crippen MR) is 43.6 cm³/mol. The Labute approximate surface area is 67.8 Å². The average Bonchev–Trinajstić information content (AvgIpc) is 1.83. The first-order valence-corrected chi connectivity index (χ1v) is 5.18. The summed E-state index contributed by atoms with van der Waals surface area (Å²) in [4.78, 5) is 1.84. The van der Waals surface area contributed by atoms with E-state index in [4.69, 9.17) is 0 Å². The summed E-state index contributed by atoms with van der Waals surface area (Å²) in [5.74, 6) is 0.144. The molecule has 11 heavy (non-hydrogen) atoms. The maximum absolute atomic E-state index is 11.2. The maximum Gasteiger partial charge on any atom is 0.227 e.